The second-order valence-corrected chi connectivity index (χ2v) is 4.19. The number of β-lactam (4-membered cyclic amide) rings is 1. The molecule has 0 aliphatic carbocycles. The predicted molar refractivity (Wildman–Crippen MR) is 38.6 cm³/mol. The van der Waals surface area contributed by atoms with Gasteiger partial charge in [-0.25, -0.2) is 4.31 Å². The molecule has 2 aliphatic rings. The molecule has 0 saturated carbocycles. The van der Waals surface area contributed by atoms with Crippen molar-refractivity contribution in [2.75, 3.05) is 6.54 Å². The third kappa shape index (κ3) is 0.869. The largest absolute Gasteiger partial charge is 0.362 e. The van der Waals surface area contributed by atoms with E-state index in [2.05, 4.69) is 5.32 Å². The number of hydrogen-bond acceptors (Lipinski definition) is 4. The summed E-state index contributed by atoms with van der Waals surface area (Å²) < 4.78 is 30.3. The summed E-state index contributed by atoms with van der Waals surface area (Å²) in [6.45, 7) is 0.618. The van der Waals surface area contributed by atoms with Gasteiger partial charge in [0.1, 0.15) is 6.04 Å². The Labute approximate surface area is 69.4 Å². The lowest BCUT2D eigenvalue weighted by molar-refractivity contribution is -0.140. The molecule has 6 nitrogen and oxygen atoms in total. The van der Waals surface area contributed by atoms with Crippen molar-refractivity contribution in [3.05, 3.63) is 0 Å². The van der Waals surface area contributed by atoms with Gasteiger partial charge in [-0.05, 0) is 13.0 Å². The smallest absolute Gasteiger partial charge is 0.304 e. The van der Waals surface area contributed by atoms with E-state index in [4.69, 9.17) is 4.55 Å². The molecule has 2 rings (SSSR count). The SMILES string of the molecule is O=C1[C@@H]2NCC[C@@H]2N1S(=O)(=O)O. The Morgan fingerprint density at radius 3 is 2.83 bits per heavy atom. The van der Waals surface area contributed by atoms with Crippen LogP contribution < -0.4 is 5.32 Å². The number of nitrogens with one attached hydrogen (secondary N) is 1. The topological polar surface area (TPSA) is 86.7 Å². The number of nitrogens with zero attached hydrogens (tertiary/aromatic N) is 1. The molecule has 0 bridgehead atoms. The molecule has 68 valence electrons. The van der Waals surface area contributed by atoms with Crippen LogP contribution in [0.1, 0.15) is 6.42 Å². The summed E-state index contributed by atoms with van der Waals surface area (Å²) in [5.74, 6) is -0.556. The summed E-state index contributed by atoms with van der Waals surface area (Å²) in [6, 6.07) is -0.764. The quantitative estimate of drug-likeness (QED) is 0.384. The van der Waals surface area contributed by atoms with Gasteiger partial charge in [-0.2, -0.15) is 8.42 Å². The molecule has 2 N–H and O–H groups in total. The van der Waals surface area contributed by atoms with Gasteiger partial charge in [0.25, 0.3) is 5.91 Å². The maximum Gasteiger partial charge on any atom is 0.362 e. The number of amides is 1. The molecule has 12 heavy (non-hydrogen) atoms. The summed E-state index contributed by atoms with van der Waals surface area (Å²) >= 11 is 0. The van der Waals surface area contributed by atoms with E-state index in [0.717, 1.165) is 0 Å². The lowest BCUT2D eigenvalue weighted by atomic mass is 10.0. The molecule has 2 saturated heterocycles. The van der Waals surface area contributed by atoms with E-state index in [1.165, 1.54) is 0 Å². The van der Waals surface area contributed by atoms with Crippen LogP contribution in [-0.4, -0.2) is 41.8 Å². The highest BCUT2D eigenvalue weighted by Gasteiger charge is 2.55. The van der Waals surface area contributed by atoms with Crippen LogP contribution in [0, 0.1) is 0 Å². The maximum absolute atomic E-state index is 11.0. The van der Waals surface area contributed by atoms with Crippen molar-refractivity contribution >= 4 is 16.2 Å². The molecule has 2 aliphatic heterocycles. The fourth-order valence-electron chi connectivity index (χ4n) is 1.70. The van der Waals surface area contributed by atoms with Gasteiger partial charge in [-0.1, -0.05) is 0 Å². The lowest BCUT2D eigenvalue weighted by Gasteiger charge is -2.39. The summed E-state index contributed by atoms with van der Waals surface area (Å²) in [4.78, 5) is 11.0. The summed E-state index contributed by atoms with van der Waals surface area (Å²) in [7, 11) is -4.33. The minimum atomic E-state index is -4.33. The van der Waals surface area contributed by atoms with Crippen molar-refractivity contribution in [1.29, 1.82) is 0 Å². The highest BCUT2D eigenvalue weighted by Crippen LogP contribution is 2.29. The molecular weight excluding hydrogens is 184 g/mol. The zero-order valence-electron chi connectivity index (χ0n) is 6.10. The van der Waals surface area contributed by atoms with Crippen molar-refractivity contribution < 1.29 is 17.8 Å². The van der Waals surface area contributed by atoms with Gasteiger partial charge >= 0.3 is 10.3 Å². The van der Waals surface area contributed by atoms with Crippen LogP contribution in [0.25, 0.3) is 0 Å². The van der Waals surface area contributed by atoms with Gasteiger partial charge in [0.05, 0.1) is 6.04 Å². The Morgan fingerprint density at radius 2 is 2.25 bits per heavy atom. The standard InChI is InChI=1S/C5H8N2O4S/c8-5-4-3(1-2-6-4)7(5)12(9,10)11/h3-4,6H,1-2H2,(H,9,10,11)/t3-,4+/m0/s1. The summed E-state index contributed by atoms with van der Waals surface area (Å²) in [5, 5.41) is 2.84. The Morgan fingerprint density at radius 1 is 1.58 bits per heavy atom. The third-order valence-corrected chi connectivity index (χ3v) is 3.17. The Kier molecular flexibility index (Phi) is 1.45. The highest BCUT2D eigenvalue weighted by molar-refractivity contribution is 7.84. The van der Waals surface area contributed by atoms with Gasteiger partial charge in [-0.3, -0.25) is 9.35 Å². The van der Waals surface area contributed by atoms with E-state index in [1.807, 2.05) is 0 Å². The molecule has 0 aromatic carbocycles. The average molecular weight is 192 g/mol. The minimum absolute atomic E-state index is 0.368. The Hall–Kier alpha value is -0.660. The molecule has 0 unspecified atom stereocenters. The van der Waals surface area contributed by atoms with Crippen LogP contribution in [0.2, 0.25) is 0 Å². The van der Waals surface area contributed by atoms with Crippen LogP contribution in [0.5, 0.6) is 0 Å². The van der Waals surface area contributed by atoms with Crippen molar-refractivity contribution in [1.82, 2.24) is 9.62 Å². The second kappa shape index (κ2) is 2.18. The molecule has 7 heteroatoms. The number of carbonyl (C=O) groups is 1. The van der Waals surface area contributed by atoms with Crippen molar-refractivity contribution in [3.63, 3.8) is 0 Å². The molecular formula is C5H8N2O4S. The van der Waals surface area contributed by atoms with Gasteiger partial charge in [0.2, 0.25) is 0 Å². The highest BCUT2D eigenvalue weighted by atomic mass is 32.2. The van der Waals surface area contributed by atoms with Gasteiger partial charge in [-0.15, -0.1) is 0 Å². The van der Waals surface area contributed by atoms with E-state index >= 15 is 0 Å². The average Bonchev–Trinajstić information content (AvgIpc) is 2.27. The summed E-state index contributed by atoms with van der Waals surface area (Å²) in [6.07, 6.45) is 0.580. The molecule has 2 fully saturated rings. The van der Waals surface area contributed by atoms with E-state index in [9.17, 15) is 13.2 Å². The van der Waals surface area contributed by atoms with Crippen molar-refractivity contribution in [2.45, 2.75) is 18.5 Å². The monoisotopic (exact) mass is 192 g/mol. The minimum Gasteiger partial charge on any atom is -0.304 e. The first-order valence-corrected chi connectivity index (χ1v) is 4.95. The zero-order valence-corrected chi connectivity index (χ0v) is 6.91. The first-order valence-electron chi connectivity index (χ1n) is 3.56. The first-order chi connectivity index (χ1) is 5.52. The molecule has 1 amide bonds. The predicted octanol–water partition coefficient (Wildman–Crippen LogP) is -1.64. The van der Waals surface area contributed by atoms with Gasteiger partial charge in [0.15, 0.2) is 0 Å². The molecule has 0 spiro atoms. The number of rotatable bonds is 1. The van der Waals surface area contributed by atoms with Crippen LogP contribution in [0.4, 0.5) is 0 Å². The molecule has 2 atom stereocenters. The number of fused-ring (bicyclic) bond motifs is 1. The molecule has 0 radical (unpaired) electrons. The first kappa shape index (κ1) is 7.96. The maximum atomic E-state index is 11.0. The van der Waals surface area contributed by atoms with E-state index < -0.39 is 22.3 Å². The normalized spacial score (nSPS) is 34.8. The van der Waals surface area contributed by atoms with E-state index in [0.29, 0.717) is 17.3 Å². The number of hydrogen-bond donors (Lipinski definition) is 2. The fourth-order valence-corrected chi connectivity index (χ4v) is 2.61. The fraction of sp³-hybridized carbons (Fsp3) is 0.800. The third-order valence-electron chi connectivity index (χ3n) is 2.22. The second-order valence-electron chi connectivity index (χ2n) is 2.90. The van der Waals surface area contributed by atoms with Crippen LogP contribution >= 0.6 is 0 Å². The van der Waals surface area contributed by atoms with Crippen LogP contribution in [0.15, 0.2) is 0 Å². The number of carbonyl (C=O) groups excluding carboxylic acids is 1. The Bertz CT molecular complexity index is 324. The lowest BCUT2D eigenvalue weighted by Crippen LogP contribution is -2.67. The van der Waals surface area contributed by atoms with Gasteiger partial charge < -0.3 is 5.32 Å². The van der Waals surface area contributed by atoms with Crippen molar-refractivity contribution in [2.24, 2.45) is 0 Å². The van der Waals surface area contributed by atoms with Gasteiger partial charge in [0, 0.05) is 0 Å². The molecule has 0 aromatic heterocycles. The summed E-state index contributed by atoms with van der Waals surface area (Å²) in [5.41, 5.74) is 0. The van der Waals surface area contributed by atoms with E-state index in [-0.39, 0.29) is 6.04 Å². The van der Waals surface area contributed by atoms with E-state index in [1.54, 1.807) is 0 Å². The molecule has 2 heterocycles. The van der Waals surface area contributed by atoms with Crippen LogP contribution in [0.3, 0.4) is 0 Å². The van der Waals surface area contributed by atoms with Crippen molar-refractivity contribution in [3.8, 4) is 0 Å². The molecule has 0 aromatic rings. The Balaban J connectivity index is 2.26. The zero-order chi connectivity index (χ0) is 8.93. The van der Waals surface area contributed by atoms with Crippen LogP contribution in [-0.2, 0) is 15.1 Å².